The highest BCUT2D eigenvalue weighted by Crippen LogP contribution is 2.21. The highest BCUT2D eigenvalue weighted by molar-refractivity contribution is 7.89. The van der Waals surface area contributed by atoms with Crippen LogP contribution in [0.5, 0.6) is 0 Å². The number of carbonyl (C=O) groups is 1. The Kier molecular flexibility index (Phi) is 6.83. The third-order valence-corrected chi connectivity index (χ3v) is 6.82. The topological polar surface area (TPSA) is 86.7 Å². The van der Waals surface area contributed by atoms with Gasteiger partial charge in [-0.25, -0.2) is 8.42 Å². The zero-order valence-electron chi connectivity index (χ0n) is 15.8. The number of amides is 1. The van der Waals surface area contributed by atoms with E-state index in [0.29, 0.717) is 36.5 Å². The summed E-state index contributed by atoms with van der Waals surface area (Å²) in [6.07, 6.45) is 3.72. The molecule has 0 radical (unpaired) electrons. The number of carbonyl (C=O) groups excluding carboxylic acids is 1. The number of rotatable bonds is 7. The van der Waals surface area contributed by atoms with Gasteiger partial charge in [0.25, 0.3) is 0 Å². The number of piperidine rings is 1. The first-order chi connectivity index (χ1) is 13.5. The van der Waals surface area contributed by atoms with Crippen molar-refractivity contribution < 1.29 is 18.3 Å². The Morgan fingerprint density at radius 2 is 1.71 bits per heavy atom. The van der Waals surface area contributed by atoms with E-state index in [-0.39, 0.29) is 12.5 Å². The lowest BCUT2D eigenvalue weighted by Crippen LogP contribution is -2.35. The van der Waals surface area contributed by atoms with Crippen molar-refractivity contribution in [2.75, 3.05) is 18.4 Å². The highest BCUT2D eigenvalue weighted by Gasteiger charge is 2.25. The minimum absolute atomic E-state index is 0.0730. The molecule has 1 aliphatic heterocycles. The summed E-state index contributed by atoms with van der Waals surface area (Å²) in [5.41, 5.74) is 2.31. The van der Waals surface area contributed by atoms with E-state index in [2.05, 4.69) is 5.32 Å². The Balaban J connectivity index is 1.56. The van der Waals surface area contributed by atoms with Crippen LogP contribution < -0.4 is 5.32 Å². The summed E-state index contributed by atoms with van der Waals surface area (Å²) >= 11 is 0. The van der Waals surface area contributed by atoms with E-state index < -0.39 is 10.0 Å². The maximum atomic E-state index is 12.7. The predicted molar refractivity (Wildman–Crippen MR) is 108 cm³/mol. The predicted octanol–water partition coefficient (Wildman–Crippen LogP) is 2.92. The van der Waals surface area contributed by atoms with Crippen molar-refractivity contribution in [3.05, 3.63) is 59.7 Å². The molecule has 0 atom stereocenters. The van der Waals surface area contributed by atoms with Gasteiger partial charge in [0.1, 0.15) is 0 Å². The third-order valence-electron chi connectivity index (χ3n) is 4.91. The summed E-state index contributed by atoms with van der Waals surface area (Å²) in [5.74, 6) is -0.125. The van der Waals surface area contributed by atoms with Crippen molar-refractivity contribution in [2.45, 2.75) is 43.6 Å². The second kappa shape index (κ2) is 9.32. The quantitative estimate of drug-likeness (QED) is 0.746. The van der Waals surface area contributed by atoms with Crippen LogP contribution in [0.15, 0.2) is 53.4 Å². The summed E-state index contributed by atoms with van der Waals surface area (Å²) in [5, 5.41) is 12.0. The van der Waals surface area contributed by atoms with E-state index in [1.165, 1.54) is 0 Å². The molecule has 7 heteroatoms. The molecule has 150 valence electrons. The summed E-state index contributed by atoms with van der Waals surface area (Å²) < 4.78 is 26.9. The molecular formula is C21H26N2O4S. The molecule has 0 bridgehead atoms. The monoisotopic (exact) mass is 402 g/mol. The fraction of sp³-hybridized carbons (Fsp3) is 0.381. The Labute approximate surface area is 166 Å². The molecule has 2 aromatic carbocycles. The van der Waals surface area contributed by atoms with Crippen LogP contribution in [0, 0.1) is 0 Å². The number of benzene rings is 2. The molecule has 0 saturated carbocycles. The molecule has 6 nitrogen and oxygen atoms in total. The second-order valence-corrected chi connectivity index (χ2v) is 8.95. The number of nitrogens with zero attached hydrogens (tertiary/aromatic N) is 1. The minimum Gasteiger partial charge on any atom is -0.392 e. The number of aryl methyl sites for hydroxylation is 1. The Hall–Kier alpha value is -2.22. The molecule has 1 fully saturated rings. The molecule has 28 heavy (non-hydrogen) atoms. The molecule has 1 amide bonds. The average Bonchev–Trinajstić information content (AvgIpc) is 2.73. The average molecular weight is 403 g/mol. The smallest absolute Gasteiger partial charge is 0.243 e. The number of sulfonamides is 1. The summed E-state index contributed by atoms with van der Waals surface area (Å²) in [4.78, 5) is 12.5. The molecule has 1 heterocycles. The summed E-state index contributed by atoms with van der Waals surface area (Å²) in [6, 6.07) is 13.9. The zero-order valence-corrected chi connectivity index (χ0v) is 16.6. The van der Waals surface area contributed by atoms with E-state index in [1.54, 1.807) is 52.8 Å². The Morgan fingerprint density at radius 1 is 1.00 bits per heavy atom. The van der Waals surface area contributed by atoms with Crippen LogP contribution in [0.1, 0.15) is 36.8 Å². The molecule has 2 N–H and O–H groups in total. The largest absolute Gasteiger partial charge is 0.392 e. The van der Waals surface area contributed by atoms with Crippen molar-refractivity contribution >= 4 is 21.6 Å². The lowest BCUT2D eigenvalue weighted by Gasteiger charge is -2.25. The number of aliphatic hydroxyl groups excluding tert-OH is 1. The first kappa shape index (κ1) is 20.5. The van der Waals surface area contributed by atoms with Crippen LogP contribution in [-0.2, 0) is 27.8 Å². The molecule has 0 unspecified atom stereocenters. The molecule has 1 aliphatic rings. The van der Waals surface area contributed by atoms with Crippen molar-refractivity contribution in [1.29, 1.82) is 0 Å². The van der Waals surface area contributed by atoms with Gasteiger partial charge in [-0.3, -0.25) is 4.79 Å². The lowest BCUT2D eigenvalue weighted by molar-refractivity contribution is -0.116. The van der Waals surface area contributed by atoms with Gasteiger partial charge in [-0.2, -0.15) is 4.31 Å². The van der Waals surface area contributed by atoms with Gasteiger partial charge in [0.15, 0.2) is 0 Å². The molecule has 1 saturated heterocycles. The van der Waals surface area contributed by atoms with Crippen molar-refractivity contribution in [3.8, 4) is 0 Å². The van der Waals surface area contributed by atoms with Gasteiger partial charge in [0.2, 0.25) is 15.9 Å². The normalized spacial score (nSPS) is 15.3. The lowest BCUT2D eigenvalue weighted by atomic mass is 10.1. The van der Waals surface area contributed by atoms with Crippen LogP contribution in [0.3, 0.4) is 0 Å². The van der Waals surface area contributed by atoms with Crippen LogP contribution >= 0.6 is 0 Å². The number of aliphatic hydroxyl groups is 1. The van der Waals surface area contributed by atoms with Crippen molar-refractivity contribution in [1.82, 2.24) is 4.31 Å². The number of anilines is 1. The van der Waals surface area contributed by atoms with E-state index in [0.717, 1.165) is 30.4 Å². The molecular weight excluding hydrogens is 376 g/mol. The summed E-state index contributed by atoms with van der Waals surface area (Å²) in [7, 11) is -3.42. The van der Waals surface area contributed by atoms with Crippen molar-refractivity contribution in [3.63, 3.8) is 0 Å². The van der Waals surface area contributed by atoms with E-state index in [9.17, 15) is 13.2 Å². The fourth-order valence-corrected chi connectivity index (χ4v) is 4.83. The van der Waals surface area contributed by atoms with Crippen LogP contribution in [0.25, 0.3) is 0 Å². The number of nitrogens with one attached hydrogen (secondary N) is 1. The standard InChI is InChI=1S/C21H26N2O4S/c24-16-18-5-4-6-19(15-18)22-21(25)12-9-17-7-10-20(11-8-17)28(26,27)23-13-2-1-3-14-23/h4-8,10-11,15,24H,1-3,9,12-14,16H2,(H,22,25). The van der Waals surface area contributed by atoms with Crippen LogP contribution in [-0.4, -0.2) is 36.8 Å². The van der Waals surface area contributed by atoms with Gasteiger partial charge in [-0.15, -0.1) is 0 Å². The van der Waals surface area contributed by atoms with Crippen LogP contribution in [0.2, 0.25) is 0 Å². The van der Waals surface area contributed by atoms with Gasteiger partial charge >= 0.3 is 0 Å². The van der Waals surface area contributed by atoms with Gasteiger partial charge in [0.05, 0.1) is 11.5 Å². The molecule has 0 aliphatic carbocycles. The van der Waals surface area contributed by atoms with Crippen molar-refractivity contribution in [2.24, 2.45) is 0 Å². The maximum absolute atomic E-state index is 12.7. The van der Waals surface area contributed by atoms with E-state index in [1.807, 2.05) is 0 Å². The molecule has 2 aromatic rings. The number of hydrogen-bond donors (Lipinski definition) is 2. The number of hydrogen-bond acceptors (Lipinski definition) is 4. The summed E-state index contributed by atoms with van der Waals surface area (Å²) in [6.45, 7) is 1.10. The SMILES string of the molecule is O=C(CCc1ccc(S(=O)(=O)N2CCCCC2)cc1)Nc1cccc(CO)c1. The van der Waals surface area contributed by atoms with Crippen LogP contribution in [0.4, 0.5) is 5.69 Å². The zero-order chi connectivity index (χ0) is 20.0. The minimum atomic E-state index is -3.42. The second-order valence-electron chi connectivity index (χ2n) is 7.02. The van der Waals surface area contributed by atoms with E-state index in [4.69, 9.17) is 5.11 Å². The molecule has 3 rings (SSSR count). The van der Waals surface area contributed by atoms with Gasteiger partial charge in [-0.1, -0.05) is 30.7 Å². The maximum Gasteiger partial charge on any atom is 0.243 e. The van der Waals surface area contributed by atoms with Gasteiger partial charge < -0.3 is 10.4 Å². The molecule has 0 aromatic heterocycles. The fourth-order valence-electron chi connectivity index (χ4n) is 3.31. The van der Waals surface area contributed by atoms with Gasteiger partial charge in [-0.05, 0) is 54.7 Å². The van der Waals surface area contributed by atoms with Gasteiger partial charge in [0, 0.05) is 25.2 Å². The molecule has 0 spiro atoms. The first-order valence-electron chi connectivity index (χ1n) is 9.58. The first-order valence-corrected chi connectivity index (χ1v) is 11.0. The highest BCUT2D eigenvalue weighted by atomic mass is 32.2. The Morgan fingerprint density at radius 3 is 2.39 bits per heavy atom. The third kappa shape index (κ3) is 5.19. The van der Waals surface area contributed by atoms with E-state index >= 15 is 0 Å². The Bertz CT molecular complexity index is 904.